The fraction of sp³-hybridized carbons (Fsp3) is 0.0769. The first-order valence-corrected chi connectivity index (χ1v) is 6.18. The summed E-state index contributed by atoms with van der Waals surface area (Å²) in [5.41, 5.74) is 1.30. The summed E-state index contributed by atoms with van der Waals surface area (Å²) in [5, 5.41) is 8.75. The number of halogens is 3. The van der Waals surface area contributed by atoms with E-state index in [1.807, 2.05) is 6.07 Å². The zero-order chi connectivity index (χ0) is 15.0. The predicted molar refractivity (Wildman–Crippen MR) is 70.5 cm³/mol. The van der Waals surface area contributed by atoms with Crippen LogP contribution in [0, 0.1) is 23.0 Å². The van der Waals surface area contributed by atoms with Crippen LogP contribution in [0.1, 0.15) is 11.4 Å². The van der Waals surface area contributed by atoms with E-state index in [-0.39, 0.29) is 23.0 Å². The highest BCUT2D eigenvalue weighted by Gasteiger charge is 2.14. The maximum atomic E-state index is 13.4. The number of aromatic nitrogens is 4. The third-order valence-corrected chi connectivity index (χ3v) is 3.17. The lowest BCUT2D eigenvalue weighted by atomic mass is 10.3. The molecule has 21 heavy (non-hydrogen) atoms. The van der Waals surface area contributed by atoms with Gasteiger partial charge >= 0.3 is 0 Å². The highest BCUT2D eigenvalue weighted by Crippen LogP contribution is 2.23. The van der Waals surface area contributed by atoms with Crippen molar-refractivity contribution in [1.82, 2.24) is 19.5 Å². The first kappa shape index (κ1) is 13.4. The molecule has 2 heterocycles. The summed E-state index contributed by atoms with van der Waals surface area (Å²) in [6.07, 6.45) is 2.74. The van der Waals surface area contributed by atoms with Gasteiger partial charge in [-0.2, -0.15) is 5.26 Å². The SMILES string of the molecule is N#Cc1cnc(Cn2c(Cl)nc3cc(F)c(F)cc32)cn1. The van der Waals surface area contributed by atoms with Crippen molar-refractivity contribution in [3.05, 3.63) is 52.8 Å². The molecule has 0 N–H and O–H groups in total. The van der Waals surface area contributed by atoms with Gasteiger partial charge in [0.25, 0.3) is 0 Å². The van der Waals surface area contributed by atoms with Crippen LogP contribution in [-0.4, -0.2) is 19.5 Å². The smallest absolute Gasteiger partial charge is 0.204 e. The molecular formula is C13H6ClF2N5. The number of nitrogens with zero attached hydrogens (tertiary/aromatic N) is 5. The van der Waals surface area contributed by atoms with Crippen LogP contribution in [0.5, 0.6) is 0 Å². The van der Waals surface area contributed by atoms with Crippen LogP contribution in [-0.2, 0) is 6.54 Å². The number of hydrogen-bond donors (Lipinski definition) is 0. The summed E-state index contributed by atoms with van der Waals surface area (Å²) in [4.78, 5) is 11.9. The first-order valence-electron chi connectivity index (χ1n) is 5.80. The van der Waals surface area contributed by atoms with E-state index in [4.69, 9.17) is 16.9 Å². The summed E-state index contributed by atoms with van der Waals surface area (Å²) >= 11 is 5.99. The number of hydrogen-bond acceptors (Lipinski definition) is 4. The van der Waals surface area contributed by atoms with Gasteiger partial charge < -0.3 is 4.57 Å². The summed E-state index contributed by atoms with van der Waals surface area (Å²) < 4.78 is 28.0. The lowest BCUT2D eigenvalue weighted by molar-refractivity contribution is 0.510. The normalized spacial score (nSPS) is 10.8. The lowest BCUT2D eigenvalue weighted by Gasteiger charge is -2.05. The van der Waals surface area contributed by atoms with E-state index in [1.54, 1.807) is 0 Å². The summed E-state index contributed by atoms with van der Waals surface area (Å²) in [6.45, 7) is 0.180. The van der Waals surface area contributed by atoms with E-state index in [9.17, 15) is 8.78 Å². The van der Waals surface area contributed by atoms with Gasteiger partial charge in [-0.1, -0.05) is 0 Å². The van der Waals surface area contributed by atoms with Crippen molar-refractivity contribution >= 4 is 22.6 Å². The van der Waals surface area contributed by atoms with Gasteiger partial charge in [-0.25, -0.2) is 18.7 Å². The molecule has 0 spiro atoms. The average Bonchev–Trinajstić information content (AvgIpc) is 2.76. The molecule has 104 valence electrons. The Morgan fingerprint density at radius 1 is 1.19 bits per heavy atom. The van der Waals surface area contributed by atoms with E-state index in [0.717, 1.165) is 12.1 Å². The second-order valence-corrected chi connectivity index (χ2v) is 4.56. The van der Waals surface area contributed by atoms with Crippen LogP contribution in [0.2, 0.25) is 5.28 Å². The molecule has 0 bridgehead atoms. The van der Waals surface area contributed by atoms with Gasteiger partial charge in [-0.3, -0.25) is 4.98 Å². The van der Waals surface area contributed by atoms with Gasteiger partial charge in [0.15, 0.2) is 17.3 Å². The molecule has 8 heteroatoms. The molecule has 0 saturated heterocycles. The Hall–Kier alpha value is -2.59. The zero-order valence-corrected chi connectivity index (χ0v) is 11.1. The molecule has 0 unspecified atom stereocenters. The molecule has 1 aromatic carbocycles. The molecule has 5 nitrogen and oxygen atoms in total. The molecule has 0 radical (unpaired) electrons. The fourth-order valence-corrected chi connectivity index (χ4v) is 2.14. The molecule has 0 fully saturated rings. The van der Waals surface area contributed by atoms with Gasteiger partial charge in [0.2, 0.25) is 5.28 Å². The van der Waals surface area contributed by atoms with E-state index in [1.165, 1.54) is 17.0 Å². The van der Waals surface area contributed by atoms with E-state index < -0.39 is 11.6 Å². The standard InChI is InChI=1S/C13H6ClF2N5/c14-13-20-11-1-9(15)10(16)2-12(11)21(13)6-8-5-18-7(3-17)4-19-8/h1-2,4-5H,6H2. The van der Waals surface area contributed by atoms with Crippen molar-refractivity contribution in [2.45, 2.75) is 6.54 Å². The number of benzene rings is 1. The van der Waals surface area contributed by atoms with Crippen LogP contribution < -0.4 is 0 Å². The molecule has 0 aliphatic rings. The highest BCUT2D eigenvalue weighted by atomic mass is 35.5. The Morgan fingerprint density at radius 3 is 2.62 bits per heavy atom. The molecule has 0 aliphatic heterocycles. The van der Waals surface area contributed by atoms with Crippen molar-refractivity contribution in [3.8, 4) is 6.07 Å². The fourth-order valence-electron chi connectivity index (χ4n) is 1.90. The molecular weight excluding hydrogens is 300 g/mol. The number of rotatable bonds is 2. The van der Waals surface area contributed by atoms with Crippen molar-refractivity contribution < 1.29 is 8.78 Å². The molecule has 0 aliphatic carbocycles. The number of fused-ring (bicyclic) bond motifs is 1. The van der Waals surface area contributed by atoms with Gasteiger partial charge in [-0.05, 0) is 11.6 Å². The van der Waals surface area contributed by atoms with Crippen molar-refractivity contribution in [2.24, 2.45) is 0 Å². The minimum atomic E-state index is -0.984. The van der Waals surface area contributed by atoms with Crippen molar-refractivity contribution in [1.29, 1.82) is 5.26 Å². The molecule has 0 saturated carbocycles. The Kier molecular flexibility index (Phi) is 3.23. The Bertz CT molecular complexity index is 867. The van der Waals surface area contributed by atoms with Gasteiger partial charge in [0, 0.05) is 12.1 Å². The summed E-state index contributed by atoms with van der Waals surface area (Å²) in [5.74, 6) is -1.96. The van der Waals surface area contributed by atoms with E-state index in [2.05, 4.69) is 15.0 Å². The maximum Gasteiger partial charge on any atom is 0.204 e. The van der Waals surface area contributed by atoms with Crippen LogP contribution in [0.15, 0.2) is 24.5 Å². The molecule has 0 amide bonds. The van der Waals surface area contributed by atoms with Crippen molar-refractivity contribution in [3.63, 3.8) is 0 Å². The quantitative estimate of drug-likeness (QED) is 0.730. The third-order valence-electron chi connectivity index (χ3n) is 2.88. The van der Waals surface area contributed by atoms with E-state index in [0.29, 0.717) is 11.2 Å². The Balaban J connectivity index is 2.05. The van der Waals surface area contributed by atoms with E-state index >= 15 is 0 Å². The maximum absolute atomic E-state index is 13.4. The second-order valence-electron chi connectivity index (χ2n) is 4.23. The van der Waals surface area contributed by atoms with Crippen LogP contribution in [0.25, 0.3) is 11.0 Å². The topological polar surface area (TPSA) is 67.4 Å². The van der Waals surface area contributed by atoms with Gasteiger partial charge in [0.1, 0.15) is 6.07 Å². The van der Waals surface area contributed by atoms with Crippen LogP contribution >= 0.6 is 11.6 Å². The average molecular weight is 306 g/mol. The van der Waals surface area contributed by atoms with Gasteiger partial charge in [-0.15, -0.1) is 0 Å². The number of imidazole rings is 1. The predicted octanol–water partition coefficient (Wildman–Crippen LogP) is 2.68. The Morgan fingerprint density at radius 2 is 1.95 bits per heavy atom. The Labute approximate surface area is 122 Å². The highest BCUT2D eigenvalue weighted by molar-refractivity contribution is 6.29. The minimum absolute atomic E-state index is 0.0844. The summed E-state index contributed by atoms with van der Waals surface area (Å²) in [6, 6.07) is 3.87. The molecule has 0 atom stereocenters. The summed E-state index contributed by atoms with van der Waals surface area (Å²) in [7, 11) is 0. The zero-order valence-electron chi connectivity index (χ0n) is 10.4. The van der Waals surface area contributed by atoms with Crippen molar-refractivity contribution in [2.75, 3.05) is 0 Å². The largest absolute Gasteiger partial charge is 0.308 e. The van der Waals surface area contributed by atoms with Crippen LogP contribution in [0.4, 0.5) is 8.78 Å². The second kappa shape index (κ2) is 5.07. The molecule has 3 rings (SSSR count). The monoisotopic (exact) mass is 305 g/mol. The number of nitriles is 1. The van der Waals surface area contributed by atoms with Crippen LogP contribution in [0.3, 0.4) is 0 Å². The molecule has 3 aromatic rings. The third kappa shape index (κ3) is 2.41. The minimum Gasteiger partial charge on any atom is -0.308 e. The lowest BCUT2D eigenvalue weighted by Crippen LogP contribution is -2.03. The first-order chi connectivity index (χ1) is 10.1. The van der Waals surface area contributed by atoms with Gasteiger partial charge in [0.05, 0.1) is 35.7 Å². The molecule has 2 aromatic heterocycles.